The van der Waals surface area contributed by atoms with Gasteiger partial charge < -0.3 is 19.5 Å². The lowest BCUT2D eigenvalue weighted by Gasteiger charge is -2.32. The fourth-order valence-electron chi connectivity index (χ4n) is 2.53. The fraction of sp³-hybridized carbons (Fsp3) is 0.500. The molecule has 0 radical (unpaired) electrons. The van der Waals surface area contributed by atoms with Crippen LogP contribution >= 0.6 is 0 Å². The summed E-state index contributed by atoms with van der Waals surface area (Å²) in [5, 5.41) is 2.77. The number of cyclic esters (lactones) is 1. The molecule has 23 heavy (non-hydrogen) atoms. The molecule has 126 valence electrons. The number of ether oxygens (including phenoxy) is 3. The lowest BCUT2D eigenvalue weighted by Crippen LogP contribution is -2.50. The summed E-state index contributed by atoms with van der Waals surface area (Å²) >= 11 is 0. The van der Waals surface area contributed by atoms with Gasteiger partial charge in [0.15, 0.2) is 0 Å². The molecule has 1 aliphatic heterocycles. The van der Waals surface area contributed by atoms with Crippen molar-refractivity contribution in [2.45, 2.75) is 19.4 Å². The smallest absolute Gasteiger partial charge is 0.323 e. The topological polar surface area (TPSA) is 77.1 Å². The van der Waals surface area contributed by atoms with Gasteiger partial charge in [-0.1, -0.05) is 6.92 Å². The zero-order chi connectivity index (χ0) is 16.8. The van der Waals surface area contributed by atoms with Gasteiger partial charge in [0.25, 0.3) is 0 Å². The summed E-state index contributed by atoms with van der Waals surface area (Å²) in [6.07, 6.45) is 0.0435. The number of rotatable bonds is 6. The first kappa shape index (κ1) is 17.1. The summed E-state index contributed by atoms with van der Waals surface area (Å²) in [5.41, 5.74) is 0.533. The van der Waals surface area contributed by atoms with Crippen LogP contribution < -0.4 is 14.8 Å². The van der Waals surface area contributed by atoms with Crippen molar-refractivity contribution in [3.8, 4) is 11.5 Å². The molecule has 1 aromatic carbocycles. The second-order valence-corrected chi connectivity index (χ2v) is 5.13. The van der Waals surface area contributed by atoms with Crippen molar-refractivity contribution in [3.63, 3.8) is 0 Å². The number of esters is 1. The first-order chi connectivity index (χ1) is 11.1. The minimum Gasteiger partial charge on any atom is -0.497 e. The lowest BCUT2D eigenvalue weighted by molar-refractivity contribution is -0.158. The molecule has 1 saturated heterocycles. The molecule has 1 amide bonds. The second-order valence-electron chi connectivity index (χ2n) is 5.13. The van der Waals surface area contributed by atoms with E-state index in [2.05, 4.69) is 5.32 Å². The van der Waals surface area contributed by atoms with E-state index in [4.69, 9.17) is 14.2 Å². The van der Waals surface area contributed by atoms with E-state index in [-0.39, 0.29) is 18.3 Å². The molecular formula is C16H22N2O5. The van der Waals surface area contributed by atoms with Crippen molar-refractivity contribution in [3.05, 3.63) is 18.2 Å². The highest BCUT2D eigenvalue weighted by atomic mass is 16.5. The highest BCUT2D eigenvalue weighted by Gasteiger charge is 2.32. The van der Waals surface area contributed by atoms with Gasteiger partial charge >= 0.3 is 5.97 Å². The molecule has 0 bridgehead atoms. The number of carbonyl (C=O) groups is 2. The number of nitrogens with zero attached hydrogens (tertiary/aromatic N) is 1. The number of benzene rings is 1. The average Bonchev–Trinajstić information content (AvgIpc) is 2.57. The standard InChI is InChI=1S/C16H22N2O5/c1-4-18-7-8-23-16(20)13(18)10-15(19)17-12-6-5-11(21-2)9-14(12)22-3/h5-6,9,13H,4,7-8,10H2,1-3H3,(H,17,19). The highest BCUT2D eigenvalue weighted by Crippen LogP contribution is 2.29. The summed E-state index contributed by atoms with van der Waals surface area (Å²) < 4.78 is 15.4. The van der Waals surface area contributed by atoms with Gasteiger partial charge in [-0.3, -0.25) is 14.5 Å². The van der Waals surface area contributed by atoms with Gasteiger partial charge in [-0.2, -0.15) is 0 Å². The lowest BCUT2D eigenvalue weighted by atomic mass is 10.1. The van der Waals surface area contributed by atoms with E-state index in [1.165, 1.54) is 7.11 Å². The predicted octanol–water partition coefficient (Wildman–Crippen LogP) is 1.28. The Balaban J connectivity index is 2.05. The van der Waals surface area contributed by atoms with Gasteiger partial charge in [0.2, 0.25) is 5.91 Å². The number of hydrogen-bond acceptors (Lipinski definition) is 6. The largest absolute Gasteiger partial charge is 0.497 e. The van der Waals surface area contributed by atoms with Gasteiger partial charge in [-0.25, -0.2) is 0 Å². The molecule has 0 spiro atoms. The van der Waals surface area contributed by atoms with Crippen LogP contribution in [0, 0.1) is 0 Å². The molecule has 1 aliphatic rings. The van der Waals surface area contributed by atoms with Crippen LogP contribution in [0.25, 0.3) is 0 Å². The molecular weight excluding hydrogens is 300 g/mol. The van der Waals surface area contributed by atoms with Crippen LogP contribution in [0.2, 0.25) is 0 Å². The van der Waals surface area contributed by atoms with Gasteiger partial charge in [0, 0.05) is 12.6 Å². The van der Waals surface area contributed by atoms with Crippen molar-refractivity contribution in [1.82, 2.24) is 4.90 Å². The van der Waals surface area contributed by atoms with E-state index in [1.807, 2.05) is 11.8 Å². The van der Waals surface area contributed by atoms with Gasteiger partial charge in [-0.05, 0) is 18.7 Å². The summed E-state index contributed by atoms with van der Waals surface area (Å²) in [6, 6.07) is 4.57. The molecule has 0 saturated carbocycles. The van der Waals surface area contributed by atoms with Gasteiger partial charge in [0.1, 0.15) is 24.1 Å². The average molecular weight is 322 g/mol. The molecule has 0 aliphatic carbocycles. The molecule has 2 rings (SSSR count). The summed E-state index contributed by atoms with van der Waals surface area (Å²) in [6.45, 7) is 3.66. The molecule has 1 fully saturated rings. The molecule has 1 unspecified atom stereocenters. The van der Waals surface area contributed by atoms with E-state index >= 15 is 0 Å². The zero-order valence-electron chi connectivity index (χ0n) is 13.6. The number of nitrogens with one attached hydrogen (secondary N) is 1. The first-order valence-electron chi connectivity index (χ1n) is 7.51. The Hall–Kier alpha value is -2.28. The quantitative estimate of drug-likeness (QED) is 0.795. The third-order valence-electron chi connectivity index (χ3n) is 3.80. The Morgan fingerprint density at radius 2 is 2.17 bits per heavy atom. The normalized spacial score (nSPS) is 18.2. The first-order valence-corrected chi connectivity index (χ1v) is 7.51. The van der Waals surface area contributed by atoms with E-state index < -0.39 is 6.04 Å². The molecule has 7 heteroatoms. The number of hydrogen-bond donors (Lipinski definition) is 1. The number of morpholine rings is 1. The van der Waals surface area contributed by atoms with E-state index in [1.54, 1.807) is 25.3 Å². The Kier molecular flexibility index (Phi) is 5.81. The van der Waals surface area contributed by atoms with Crippen LogP contribution in [-0.4, -0.2) is 56.7 Å². The third-order valence-corrected chi connectivity index (χ3v) is 3.80. The van der Waals surface area contributed by atoms with Crippen LogP contribution in [0.1, 0.15) is 13.3 Å². The highest BCUT2D eigenvalue weighted by molar-refractivity contribution is 5.95. The van der Waals surface area contributed by atoms with Crippen molar-refractivity contribution in [2.24, 2.45) is 0 Å². The van der Waals surface area contributed by atoms with Crippen LogP contribution in [0.4, 0.5) is 5.69 Å². The maximum atomic E-state index is 12.3. The maximum Gasteiger partial charge on any atom is 0.323 e. The Morgan fingerprint density at radius 1 is 1.39 bits per heavy atom. The fourth-order valence-corrected chi connectivity index (χ4v) is 2.53. The number of methoxy groups -OCH3 is 2. The number of anilines is 1. The minimum absolute atomic E-state index is 0.0435. The van der Waals surface area contributed by atoms with E-state index in [9.17, 15) is 9.59 Å². The maximum absolute atomic E-state index is 12.3. The summed E-state index contributed by atoms with van der Waals surface area (Å²) in [4.78, 5) is 26.1. The van der Waals surface area contributed by atoms with Gasteiger partial charge in [0.05, 0.1) is 26.3 Å². The summed E-state index contributed by atoms with van der Waals surface area (Å²) in [5.74, 6) is 0.509. The number of amides is 1. The molecule has 7 nitrogen and oxygen atoms in total. The number of carbonyl (C=O) groups excluding carboxylic acids is 2. The number of likely N-dealkylation sites (N-methyl/N-ethyl adjacent to an activating group) is 1. The van der Waals surface area contributed by atoms with Crippen molar-refractivity contribution >= 4 is 17.6 Å². The van der Waals surface area contributed by atoms with Crippen molar-refractivity contribution < 1.29 is 23.8 Å². The zero-order valence-corrected chi connectivity index (χ0v) is 13.6. The predicted molar refractivity (Wildman–Crippen MR) is 84.8 cm³/mol. The van der Waals surface area contributed by atoms with E-state index in [0.717, 1.165) is 0 Å². The van der Waals surface area contributed by atoms with Gasteiger partial charge in [-0.15, -0.1) is 0 Å². The molecule has 0 aromatic heterocycles. The molecule has 1 heterocycles. The van der Waals surface area contributed by atoms with Crippen molar-refractivity contribution in [2.75, 3.05) is 39.2 Å². The van der Waals surface area contributed by atoms with Crippen LogP contribution in [0.15, 0.2) is 18.2 Å². The summed E-state index contributed by atoms with van der Waals surface area (Å²) in [7, 11) is 3.07. The van der Waals surface area contributed by atoms with Crippen LogP contribution in [-0.2, 0) is 14.3 Å². The van der Waals surface area contributed by atoms with E-state index in [0.29, 0.717) is 36.9 Å². The molecule has 1 aromatic rings. The Morgan fingerprint density at radius 3 is 2.83 bits per heavy atom. The Labute approximate surface area is 135 Å². The van der Waals surface area contributed by atoms with Crippen molar-refractivity contribution in [1.29, 1.82) is 0 Å². The van der Waals surface area contributed by atoms with Crippen LogP contribution in [0.5, 0.6) is 11.5 Å². The molecule has 1 atom stereocenters. The second kappa shape index (κ2) is 7.82. The molecule has 1 N–H and O–H groups in total. The Bertz CT molecular complexity index is 576. The SMILES string of the molecule is CCN1CCOC(=O)C1CC(=O)Nc1ccc(OC)cc1OC. The van der Waals surface area contributed by atoms with Crippen LogP contribution in [0.3, 0.4) is 0 Å². The third kappa shape index (κ3) is 4.13. The monoisotopic (exact) mass is 322 g/mol. The minimum atomic E-state index is -0.544.